The molecular formula is C20H26BrNO2. The van der Waals surface area contributed by atoms with Gasteiger partial charge in [0.05, 0.1) is 11.6 Å². The van der Waals surface area contributed by atoms with Crippen molar-refractivity contribution >= 4 is 15.9 Å². The SMILES string of the molecule is CCC(C)NCc1cc(Br)c(OCc2cccc(C)c2)c(OC)c1. The van der Waals surface area contributed by atoms with Crippen LogP contribution in [0.1, 0.15) is 37.0 Å². The van der Waals surface area contributed by atoms with Crippen LogP contribution in [0.5, 0.6) is 11.5 Å². The second-order valence-corrected chi connectivity index (χ2v) is 6.93. The van der Waals surface area contributed by atoms with Crippen molar-refractivity contribution in [2.45, 2.75) is 46.4 Å². The molecule has 3 nitrogen and oxygen atoms in total. The van der Waals surface area contributed by atoms with Crippen molar-refractivity contribution in [3.05, 3.63) is 57.6 Å². The number of halogens is 1. The van der Waals surface area contributed by atoms with Crippen molar-refractivity contribution in [3.63, 3.8) is 0 Å². The van der Waals surface area contributed by atoms with Gasteiger partial charge in [-0.25, -0.2) is 0 Å². The highest BCUT2D eigenvalue weighted by Crippen LogP contribution is 2.37. The summed E-state index contributed by atoms with van der Waals surface area (Å²) in [6.07, 6.45) is 1.11. The van der Waals surface area contributed by atoms with E-state index in [2.05, 4.69) is 66.3 Å². The van der Waals surface area contributed by atoms with Gasteiger partial charge in [-0.15, -0.1) is 0 Å². The van der Waals surface area contributed by atoms with Crippen LogP contribution in [0.15, 0.2) is 40.9 Å². The highest BCUT2D eigenvalue weighted by atomic mass is 79.9. The molecule has 0 spiro atoms. The molecule has 1 atom stereocenters. The van der Waals surface area contributed by atoms with Gasteiger partial charge in [-0.1, -0.05) is 36.8 Å². The number of hydrogen-bond acceptors (Lipinski definition) is 3. The summed E-state index contributed by atoms with van der Waals surface area (Å²) in [6.45, 7) is 7.77. The number of benzene rings is 2. The van der Waals surface area contributed by atoms with Crippen LogP contribution >= 0.6 is 15.9 Å². The average molecular weight is 392 g/mol. The largest absolute Gasteiger partial charge is 0.493 e. The molecule has 1 unspecified atom stereocenters. The minimum Gasteiger partial charge on any atom is -0.493 e. The zero-order chi connectivity index (χ0) is 17.5. The zero-order valence-electron chi connectivity index (χ0n) is 14.9. The maximum Gasteiger partial charge on any atom is 0.175 e. The Bertz CT molecular complexity index is 673. The molecule has 0 heterocycles. The Hall–Kier alpha value is -1.52. The van der Waals surface area contributed by atoms with Gasteiger partial charge < -0.3 is 14.8 Å². The van der Waals surface area contributed by atoms with Crippen LogP contribution in [0.2, 0.25) is 0 Å². The van der Waals surface area contributed by atoms with E-state index < -0.39 is 0 Å². The van der Waals surface area contributed by atoms with E-state index in [9.17, 15) is 0 Å². The van der Waals surface area contributed by atoms with Crippen molar-refractivity contribution in [2.75, 3.05) is 7.11 Å². The maximum atomic E-state index is 6.01. The number of aryl methyl sites for hydroxylation is 1. The van der Waals surface area contributed by atoms with Crippen molar-refractivity contribution in [1.82, 2.24) is 5.32 Å². The molecule has 2 rings (SSSR count). The zero-order valence-corrected chi connectivity index (χ0v) is 16.4. The molecule has 0 amide bonds. The van der Waals surface area contributed by atoms with E-state index in [1.54, 1.807) is 7.11 Å². The summed E-state index contributed by atoms with van der Waals surface area (Å²) in [5.41, 5.74) is 3.54. The topological polar surface area (TPSA) is 30.5 Å². The molecule has 0 fully saturated rings. The molecule has 0 aromatic heterocycles. The quantitative estimate of drug-likeness (QED) is 0.667. The molecule has 0 bridgehead atoms. The fourth-order valence-corrected chi connectivity index (χ4v) is 3.01. The van der Waals surface area contributed by atoms with E-state index in [4.69, 9.17) is 9.47 Å². The van der Waals surface area contributed by atoms with E-state index >= 15 is 0 Å². The van der Waals surface area contributed by atoms with Crippen molar-refractivity contribution < 1.29 is 9.47 Å². The summed E-state index contributed by atoms with van der Waals surface area (Å²) in [6, 6.07) is 12.9. The Morgan fingerprint density at radius 2 is 1.96 bits per heavy atom. The molecule has 0 saturated carbocycles. The van der Waals surface area contributed by atoms with Gasteiger partial charge in [0.1, 0.15) is 6.61 Å². The summed E-state index contributed by atoms with van der Waals surface area (Å²) in [5.74, 6) is 1.49. The second-order valence-electron chi connectivity index (χ2n) is 6.08. The molecule has 2 aromatic rings. The Morgan fingerprint density at radius 1 is 1.17 bits per heavy atom. The minimum atomic E-state index is 0.493. The summed E-state index contributed by atoms with van der Waals surface area (Å²) in [4.78, 5) is 0. The molecule has 0 radical (unpaired) electrons. The van der Waals surface area contributed by atoms with Crippen molar-refractivity contribution in [1.29, 1.82) is 0 Å². The first-order chi connectivity index (χ1) is 11.5. The van der Waals surface area contributed by atoms with E-state index in [0.717, 1.165) is 34.5 Å². The fraction of sp³-hybridized carbons (Fsp3) is 0.400. The van der Waals surface area contributed by atoms with E-state index in [1.807, 2.05) is 12.1 Å². The van der Waals surface area contributed by atoms with Crippen LogP contribution in [-0.2, 0) is 13.2 Å². The van der Waals surface area contributed by atoms with E-state index in [0.29, 0.717) is 12.6 Å². The lowest BCUT2D eigenvalue weighted by atomic mass is 10.1. The smallest absolute Gasteiger partial charge is 0.175 e. The van der Waals surface area contributed by atoms with Gasteiger partial charge in [0.2, 0.25) is 0 Å². The number of rotatable bonds is 8. The van der Waals surface area contributed by atoms with Crippen LogP contribution < -0.4 is 14.8 Å². The minimum absolute atomic E-state index is 0.493. The number of ether oxygens (including phenoxy) is 2. The number of methoxy groups -OCH3 is 1. The summed E-state index contributed by atoms with van der Waals surface area (Å²) in [5, 5.41) is 3.49. The number of nitrogens with one attached hydrogen (secondary N) is 1. The second kappa shape index (κ2) is 9.09. The molecule has 130 valence electrons. The third kappa shape index (κ3) is 5.25. The maximum absolute atomic E-state index is 6.01. The third-order valence-corrected chi connectivity index (χ3v) is 4.61. The Morgan fingerprint density at radius 3 is 2.62 bits per heavy atom. The normalized spacial score (nSPS) is 12.0. The molecular weight excluding hydrogens is 366 g/mol. The van der Waals surface area contributed by atoms with Gasteiger partial charge in [0.15, 0.2) is 11.5 Å². The first kappa shape index (κ1) is 18.8. The van der Waals surface area contributed by atoms with Crippen molar-refractivity contribution in [2.24, 2.45) is 0 Å². The molecule has 0 saturated heterocycles. The lowest BCUT2D eigenvalue weighted by molar-refractivity contribution is 0.282. The Balaban J connectivity index is 2.11. The van der Waals surface area contributed by atoms with Gasteiger partial charge in [0.25, 0.3) is 0 Å². The first-order valence-electron chi connectivity index (χ1n) is 8.31. The molecule has 4 heteroatoms. The Labute approximate surface area is 153 Å². The highest BCUT2D eigenvalue weighted by molar-refractivity contribution is 9.10. The molecule has 2 aromatic carbocycles. The lowest BCUT2D eigenvalue weighted by Gasteiger charge is -2.16. The first-order valence-corrected chi connectivity index (χ1v) is 9.11. The van der Waals surface area contributed by atoms with Gasteiger partial charge >= 0.3 is 0 Å². The lowest BCUT2D eigenvalue weighted by Crippen LogP contribution is -2.24. The van der Waals surface area contributed by atoms with E-state index in [1.165, 1.54) is 11.1 Å². The van der Waals surface area contributed by atoms with Crippen LogP contribution in [0.4, 0.5) is 0 Å². The summed E-state index contributed by atoms with van der Waals surface area (Å²) < 4.78 is 12.5. The van der Waals surface area contributed by atoms with Gasteiger partial charge in [0, 0.05) is 12.6 Å². The van der Waals surface area contributed by atoms with Crippen LogP contribution in [0.25, 0.3) is 0 Å². The summed E-state index contributed by atoms with van der Waals surface area (Å²) >= 11 is 3.62. The summed E-state index contributed by atoms with van der Waals surface area (Å²) in [7, 11) is 1.67. The molecule has 24 heavy (non-hydrogen) atoms. The predicted octanol–water partition coefficient (Wildman–Crippen LogP) is 5.23. The third-order valence-electron chi connectivity index (χ3n) is 4.02. The van der Waals surface area contributed by atoms with Crippen LogP contribution in [0.3, 0.4) is 0 Å². The molecule has 0 aliphatic carbocycles. The van der Waals surface area contributed by atoms with Crippen LogP contribution in [0, 0.1) is 6.92 Å². The fourth-order valence-electron chi connectivity index (χ4n) is 2.41. The van der Waals surface area contributed by atoms with E-state index in [-0.39, 0.29) is 0 Å². The molecule has 0 aliphatic heterocycles. The Kier molecular flexibility index (Phi) is 7.13. The molecule has 1 N–H and O–H groups in total. The van der Waals surface area contributed by atoms with Gasteiger partial charge in [-0.05, 0) is 59.5 Å². The monoisotopic (exact) mass is 391 g/mol. The van der Waals surface area contributed by atoms with Crippen LogP contribution in [-0.4, -0.2) is 13.2 Å². The average Bonchev–Trinajstić information content (AvgIpc) is 2.58. The predicted molar refractivity (Wildman–Crippen MR) is 103 cm³/mol. The number of hydrogen-bond donors (Lipinski definition) is 1. The van der Waals surface area contributed by atoms with Gasteiger partial charge in [-0.2, -0.15) is 0 Å². The highest BCUT2D eigenvalue weighted by Gasteiger charge is 2.12. The van der Waals surface area contributed by atoms with Gasteiger partial charge in [-0.3, -0.25) is 0 Å². The molecule has 0 aliphatic rings. The standard InChI is InChI=1S/C20H26BrNO2/c1-5-15(3)22-12-17-10-18(21)20(19(11-17)23-4)24-13-16-8-6-7-14(2)9-16/h6-11,15,22H,5,12-13H2,1-4H3. The van der Waals surface area contributed by atoms with Crippen molar-refractivity contribution in [3.8, 4) is 11.5 Å².